The van der Waals surface area contributed by atoms with Crippen molar-refractivity contribution in [2.45, 2.75) is 45.7 Å². The first-order valence-corrected chi connectivity index (χ1v) is 6.14. The fourth-order valence-corrected chi connectivity index (χ4v) is 1.87. The topological polar surface area (TPSA) is 67.4 Å². The van der Waals surface area contributed by atoms with E-state index in [2.05, 4.69) is 22.3 Å². The molecule has 0 aliphatic heterocycles. The summed E-state index contributed by atoms with van der Waals surface area (Å²) in [6.45, 7) is 5.90. The van der Waals surface area contributed by atoms with Gasteiger partial charge in [0.15, 0.2) is 0 Å². The first-order chi connectivity index (χ1) is 7.99. The lowest BCUT2D eigenvalue weighted by Gasteiger charge is -2.20. The zero-order valence-corrected chi connectivity index (χ0v) is 10.9. The number of nitrogens with one attached hydrogen (secondary N) is 2. The summed E-state index contributed by atoms with van der Waals surface area (Å²) in [4.78, 5) is 23.1. The van der Waals surface area contributed by atoms with Crippen LogP contribution in [0.3, 0.4) is 0 Å². The van der Waals surface area contributed by atoms with Crippen LogP contribution < -0.4 is 10.6 Å². The van der Waals surface area contributed by atoms with Crippen molar-refractivity contribution >= 4 is 12.0 Å². The van der Waals surface area contributed by atoms with Gasteiger partial charge in [0, 0.05) is 6.04 Å². The van der Waals surface area contributed by atoms with Gasteiger partial charge < -0.3 is 15.4 Å². The maximum atomic E-state index is 12.0. The summed E-state index contributed by atoms with van der Waals surface area (Å²) < 4.78 is 4.51. The molecule has 2 unspecified atom stereocenters. The van der Waals surface area contributed by atoms with E-state index in [0.29, 0.717) is 5.92 Å². The van der Waals surface area contributed by atoms with Gasteiger partial charge in [-0.05, 0) is 18.3 Å². The minimum Gasteiger partial charge on any atom is -0.453 e. The normalized spacial score (nSPS) is 24.1. The van der Waals surface area contributed by atoms with E-state index in [0.717, 1.165) is 12.8 Å². The van der Waals surface area contributed by atoms with Crippen LogP contribution in [0.2, 0.25) is 0 Å². The summed E-state index contributed by atoms with van der Waals surface area (Å²) >= 11 is 0. The Morgan fingerprint density at radius 3 is 2.47 bits per heavy atom. The molecular weight excluding hydrogens is 220 g/mol. The Balaban J connectivity index is 2.46. The highest BCUT2D eigenvalue weighted by Crippen LogP contribution is 2.33. The van der Waals surface area contributed by atoms with Gasteiger partial charge in [-0.1, -0.05) is 27.2 Å². The Morgan fingerprint density at radius 1 is 1.41 bits per heavy atom. The molecule has 0 radical (unpaired) electrons. The molecule has 5 heteroatoms. The van der Waals surface area contributed by atoms with Crippen molar-refractivity contribution in [3.05, 3.63) is 0 Å². The predicted molar refractivity (Wildman–Crippen MR) is 64.5 cm³/mol. The summed E-state index contributed by atoms with van der Waals surface area (Å²) in [5.74, 6) is 0.518. The smallest absolute Gasteiger partial charge is 0.407 e. The number of alkyl carbamates (subject to hydrolysis) is 1. The Labute approximate surface area is 102 Å². The lowest BCUT2D eigenvalue weighted by molar-refractivity contribution is -0.124. The predicted octanol–water partition coefficient (Wildman–Crippen LogP) is 1.28. The van der Waals surface area contributed by atoms with Gasteiger partial charge in [0.1, 0.15) is 6.04 Å². The van der Waals surface area contributed by atoms with Crippen molar-refractivity contribution in [3.63, 3.8) is 0 Å². The lowest BCUT2D eigenvalue weighted by Crippen LogP contribution is -2.50. The molecule has 1 aliphatic carbocycles. The molecule has 98 valence electrons. The maximum absolute atomic E-state index is 12.0. The molecule has 0 heterocycles. The van der Waals surface area contributed by atoms with Crippen LogP contribution in [0.25, 0.3) is 0 Å². The monoisotopic (exact) mass is 242 g/mol. The summed E-state index contributed by atoms with van der Waals surface area (Å²) in [6, 6.07) is -0.242. The van der Waals surface area contributed by atoms with Crippen molar-refractivity contribution in [2.75, 3.05) is 7.11 Å². The molecule has 5 nitrogen and oxygen atoms in total. The third-order valence-electron chi connectivity index (χ3n) is 3.18. The molecule has 2 amide bonds. The molecule has 0 spiro atoms. The number of carbonyl (C=O) groups excluding carboxylic acids is 2. The van der Waals surface area contributed by atoms with E-state index in [4.69, 9.17) is 0 Å². The van der Waals surface area contributed by atoms with Crippen LogP contribution in [0.5, 0.6) is 0 Å². The minimum atomic E-state index is -0.568. The van der Waals surface area contributed by atoms with Gasteiger partial charge in [-0.3, -0.25) is 4.79 Å². The second-order valence-corrected chi connectivity index (χ2v) is 4.88. The first kappa shape index (κ1) is 13.8. The summed E-state index contributed by atoms with van der Waals surface area (Å²) in [5.41, 5.74) is 0. The third-order valence-corrected chi connectivity index (χ3v) is 3.18. The zero-order chi connectivity index (χ0) is 13.0. The average molecular weight is 242 g/mol. The van der Waals surface area contributed by atoms with Crippen LogP contribution in [0.4, 0.5) is 4.79 Å². The summed E-state index contributed by atoms with van der Waals surface area (Å²) in [7, 11) is 1.29. The molecule has 1 fully saturated rings. The van der Waals surface area contributed by atoms with Gasteiger partial charge in [0.2, 0.25) is 5.91 Å². The molecule has 0 aromatic heterocycles. The van der Waals surface area contributed by atoms with Crippen molar-refractivity contribution in [1.29, 1.82) is 0 Å². The summed E-state index contributed by atoms with van der Waals surface area (Å²) in [6.07, 6.45) is 1.56. The van der Waals surface area contributed by atoms with Gasteiger partial charge >= 0.3 is 6.09 Å². The molecule has 0 saturated heterocycles. The zero-order valence-electron chi connectivity index (χ0n) is 10.9. The van der Waals surface area contributed by atoms with E-state index in [1.54, 1.807) is 0 Å². The quantitative estimate of drug-likeness (QED) is 0.763. The standard InChI is InChI=1S/C12H22N2O3/c1-5-8-6-9(8)13-11(15)10(7(2)3)14-12(16)17-4/h7-10H,5-6H2,1-4H3,(H,13,15)(H,14,16)/t8?,9?,10-/m0/s1. The van der Waals surface area contributed by atoms with Gasteiger partial charge in [0.25, 0.3) is 0 Å². The third kappa shape index (κ3) is 3.91. The molecule has 0 bridgehead atoms. The Morgan fingerprint density at radius 2 is 2.06 bits per heavy atom. The van der Waals surface area contributed by atoms with Gasteiger partial charge in [-0.15, -0.1) is 0 Å². The second-order valence-electron chi connectivity index (χ2n) is 4.88. The van der Waals surface area contributed by atoms with E-state index in [1.807, 2.05) is 13.8 Å². The van der Waals surface area contributed by atoms with Crippen molar-refractivity contribution < 1.29 is 14.3 Å². The second kappa shape index (κ2) is 5.89. The highest BCUT2D eigenvalue weighted by Gasteiger charge is 2.38. The fraction of sp³-hybridized carbons (Fsp3) is 0.833. The summed E-state index contributed by atoms with van der Waals surface area (Å²) in [5, 5.41) is 5.52. The van der Waals surface area contributed by atoms with Gasteiger partial charge in [-0.2, -0.15) is 0 Å². The van der Waals surface area contributed by atoms with E-state index in [1.165, 1.54) is 7.11 Å². The number of ether oxygens (including phenoxy) is 1. The number of hydrogen-bond acceptors (Lipinski definition) is 3. The SMILES string of the molecule is CCC1CC1NC(=O)[C@@H](NC(=O)OC)C(C)C. The number of hydrogen-bond donors (Lipinski definition) is 2. The average Bonchev–Trinajstić information content (AvgIpc) is 3.03. The Hall–Kier alpha value is -1.26. The largest absolute Gasteiger partial charge is 0.453 e. The molecule has 0 aromatic carbocycles. The van der Waals surface area contributed by atoms with Gasteiger partial charge in [-0.25, -0.2) is 4.79 Å². The lowest BCUT2D eigenvalue weighted by atomic mass is 10.0. The Kier molecular flexibility index (Phi) is 4.78. The van der Waals surface area contributed by atoms with Crippen molar-refractivity contribution in [1.82, 2.24) is 10.6 Å². The minimum absolute atomic E-state index is 0.0351. The van der Waals surface area contributed by atoms with Crippen LogP contribution in [0.15, 0.2) is 0 Å². The van der Waals surface area contributed by atoms with Crippen LogP contribution in [0.1, 0.15) is 33.6 Å². The number of amides is 2. The highest BCUT2D eigenvalue weighted by atomic mass is 16.5. The van der Waals surface area contributed by atoms with Crippen molar-refractivity contribution in [2.24, 2.45) is 11.8 Å². The number of methoxy groups -OCH3 is 1. The fourth-order valence-electron chi connectivity index (χ4n) is 1.87. The molecular formula is C12H22N2O3. The van der Waals surface area contributed by atoms with Gasteiger partial charge in [0.05, 0.1) is 7.11 Å². The van der Waals surface area contributed by atoms with E-state index in [9.17, 15) is 9.59 Å². The molecule has 1 aliphatic rings. The molecule has 3 atom stereocenters. The van der Waals surface area contributed by atoms with Crippen LogP contribution in [0, 0.1) is 11.8 Å². The van der Waals surface area contributed by atoms with Crippen LogP contribution >= 0.6 is 0 Å². The Bertz CT molecular complexity index is 291. The first-order valence-electron chi connectivity index (χ1n) is 6.14. The van der Waals surface area contributed by atoms with E-state index in [-0.39, 0.29) is 17.9 Å². The number of rotatable bonds is 5. The number of carbonyl (C=O) groups is 2. The molecule has 0 aromatic rings. The van der Waals surface area contributed by atoms with E-state index >= 15 is 0 Å². The van der Waals surface area contributed by atoms with Crippen LogP contribution in [-0.2, 0) is 9.53 Å². The van der Waals surface area contributed by atoms with Crippen LogP contribution in [-0.4, -0.2) is 31.2 Å². The molecule has 1 rings (SSSR count). The highest BCUT2D eigenvalue weighted by molar-refractivity contribution is 5.86. The molecule has 1 saturated carbocycles. The van der Waals surface area contributed by atoms with Crippen molar-refractivity contribution in [3.8, 4) is 0 Å². The molecule has 17 heavy (non-hydrogen) atoms. The maximum Gasteiger partial charge on any atom is 0.407 e. The molecule has 2 N–H and O–H groups in total. The van der Waals surface area contributed by atoms with E-state index < -0.39 is 12.1 Å².